The molecule has 0 aliphatic rings. The van der Waals surface area contributed by atoms with Crippen LogP contribution in [0.25, 0.3) is 28.1 Å². The molecule has 7 heteroatoms. The highest BCUT2D eigenvalue weighted by atomic mass is 79.9. The summed E-state index contributed by atoms with van der Waals surface area (Å²) in [7, 11) is 4.16. The molecule has 5 nitrogen and oxygen atoms in total. The third-order valence-electron chi connectivity index (χ3n) is 4.29. The average Bonchev–Trinajstić information content (AvgIpc) is 3.11. The summed E-state index contributed by atoms with van der Waals surface area (Å²) >= 11 is 0. The van der Waals surface area contributed by atoms with Crippen molar-refractivity contribution >= 4 is 50.8 Å². The first-order valence-corrected chi connectivity index (χ1v) is 8.04. The van der Waals surface area contributed by atoms with Gasteiger partial charge in [-0.05, 0) is 50.5 Å². The molecule has 0 saturated carbocycles. The number of halogens is 2. The van der Waals surface area contributed by atoms with E-state index in [2.05, 4.69) is 58.4 Å². The maximum Gasteiger partial charge on any atom is 0.215 e. The maximum atomic E-state index is 9.48. The van der Waals surface area contributed by atoms with Crippen molar-refractivity contribution in [3.8, 4) is 17.0 Å². The summed E-state index contributed by atoms with van der Waals surface area (Å²) in [5, 5.41) is 9.48. The van der Waals surface area contributed by atoms with E-state index in [9.17, 15) is 5.11 Å². The number of nitrogens with zero attached hydrogens (tertiary/aromatic N) is 4. The van der Waals surface area contributed by atoms with E-state index in [1.807, 2.05) is 12.1 Å². The van der Waals surface area contributed by atoms with E-state index in [1.165, 1.54) is 5.52 Å². The standard InChI is InChI=1S/C19H20N4O.2BrH/c1-21(2)11-12-22-17-5-3-4-6-18(17)23-13-16(20-19(22)23)14-7-9-15(24)10-8-14;;/h3-10,13,24H,11-12H2,1-2H3;2*1H. The molecule has 0 aliphatic heterocycles. The SMILES string of the molecule is Br.Br.CN(C)CCn1c2ccccc2n2cc(-c3ccc(O)cc3)nc12. The predicted octanol–water partition coefficient (Wildman–Crippen LogP) is 4.38. The Balaban J connectivity index is 0.00000121. The second-order valence-electron chi connectivity index (χ2n) is 6.29. The van der Waals surface area contributed by atoms with Gasteiger partial charge in [-0.25, -0.2) is 4.98 Å². The number of rotatable bonds is 4. The molecule has 0 aliphatic carbocycles. The van der Waals surface area contributed by atoms with Crippen molar-refractivity contribution in [2.45, 2.75) is 6.54 Å². The smallest absolute Gasteiger partial charge is 0.215 e. The monoisotopic (exact) mass is 480 g/mol. The van der Waals surface area contributed by atoms with Gasteiger partial charge in [0, 0.05) is 24.8 Å². The molecule has 0 bridgehead atoms. The zero-order chi connectivity index (χ0) is 16.7. The molecule has 2 heterocycles. The van der Waals surface area contributed by atoms with E-state index in [0.717, 1.165) is 35.6 Å². The van der Waals surface area contributed by atoms with Crippen LogP contribution in [0.3, 0.4) is 0 Å². The van der Waals surface area contributed by atoms with Crippen molar-refractivity contribution in [2.75, 3.05) is 20.6 Å². The number of aromatic hydroxyl groups is 1. The molecule has 138 valence electrons. The van der Waals surface area contributed by atoms with Crippen molar-refractivity contribution in [1.82, 2.24) is 18.9 Å². The molecule has 0 fully saturated rings. The van der Waals surface area contributed by atoms with Gasteiger partial charge in [-0.15, -0.1) is 34.0 Å². The van der Waals surface area contributed by atoms with E-state index in [1.54, 1.807) is 12.1 Å². The van der Waals surface area contributed by atoms with Crippen molar-refractivity contribution in [1.29, 1.82) is 0 Å². The fraction of sp³-hybridized carbons (Fsp3) is 0.211. The van der Waals surface area contributed by atoms with Crippen molar-refractivity contribution in [2.24, 2.45) is 0 Å². The number of likely N-dealkylation sites (N-methyl/N-ethyl adjacent to an activating group) is 1. The number of aromatic nitrogens is 3. The summed E-state index contributed by atoms with van der Waals surface area (Å²) in [5.41, 5.74) is 4.26. The third kappa shape index (κ3) is 3.65. The Labute approximate surface area is 173 Å². The van der Waals surface area contributed by atoms with Gasteiger partial charge in [0.25, 0.3) is 0 Å². The molecule has 0 atom stereocenters. The quantitative estimate of drug-likeness (QED) is 0.470. The fourth-order valence-corrected chi connectivity index (χ4v) is 3.03. The van der Waals surface area contributed by atoms with E-state index in [0.29, 0.717) is 0 Å². The van der Waals surface area contributed by atoms with Crippen LogP contribution in [0.2, 0.25) is 0 Å². The Morgan fingerprint density at radius 3 is 2.27 bits per heavy atom. The normalized spacial score (nSPS) is 10.9. The maximum absolute atomic E-state index is 9.48. The molecule has 4 rings (SSSR count). The minimum absolute atomic E-state index is 0. The Hall–Kier alpha value is -1.83. The Kier molecular flexibility index (Phi) is 6.49. The van der Waals surface area contributed by atoms with Crippen LogP contribution in [0.5, 0.6) is 5.75 Å². The number of hydrogen-bond acceptors (Lipinski definition) is 3. The first-order chi connectivity index (χ1) is 11.6. The fourth-order valence-electron chi connectivity index (χ4n) is 3.03. The van der Waals surface area contributed by atoms with Crippen molar-refractivity contribution in [3.63, 3.8) is 0 Å². The van der Waals surface area contributed by atoms with Gasteiger partial charge in [0.2, 0.25) is 5.78 Å². The summed E-state index contributed by atoms with van der Waals surface area (Å²) in [6.45, 7) is 1.84. The van der Waals surface area contributed by atoms with Gasteiger partial charge in [0.1, 0.15) is 5.75 Å². The van der Waals surface area contributed by atoms with Crippen LogP contribution in [0, 0.1) is 0 Å². The summed E-state index contributed by atoms with van der Waals surface area (Å²) in [5.74, 6) is 1.21. The minimum Gasteiger partial charge on any atom is -0.508 e. The first-order valence-electron chi connectivity index (χ1n) is 8.04. The van der Waals surface area contributed by atoms with Gasteiger partial charge in [0.05, 0.1) is 16.7 Å². The summed E-state index contributed by atoms with van der Waals surface area (Å²) in [6, 6.07) is 15.5. The van der Waals surface area contributed by atoms with E-state index >= 15 is 0 Å². The Bertz CT molecular complexity index is 1010. The molecule has 0 amide bonds. The zero-order valence-electron chi connectivity index (χ0n) is 14.7. The summed E-state index contributed by atoms with van der Waals surface area (Å²) in [4.78, 5) is 7.03. The third-order valence-corrected chi connectivity index (χ3v) is 4.29. The first kappa shape index (κ1) is 20.5. The van der Waals surface area contributed by atoms with Gasteiger partial charge in [-0.1, -0.05) is 12.1 Å². The van der Waals surface area contributed by atoms with Gasteiger partial charge in [-0.3, -0.25) is 4.40 Å². The molecule has 0 radical (unpaired) electrons. The number of phenols is 1. The van der Waals surface area contributed by atoms with Crippen LogP contribution >= 0.6 is 34.0 Å². The second kappa shape index (κ2) is 8.24. The molecule has 4 aromatic rings. The lowest BCUT2D eigenvalue weighted by molar-refractivity contribution is 0.388. The molecule has 2 aromatic carbocycles. The van der Waals surface area contributed by atoms with Crippen LogP contribution in [0.15, 0.2) is 54.7 Å². The van der Waals surface area contributed by atoms with Gasteiger partial charge in [-0.2, -0.15) is 0 Å². The lowest BCUT2D eigenvalue weighted by Crippen LogP contribution is -2.18. The van der Waals surface area contributed by atoms with Gasteiger partial charge >= 0.3 is 0 Å². The van der Waals surface area contributed by atoms with Crippen LogP contribution < -0.4 is 0 Å². The highest BCUT2D eigenvalue weighted by Gasteiger charge is 2.14. The molecule has 0 spiro atoms. The molecule has 0 unspecified atom stereocenters. The number of hydrogen-bond donors (Lipinski definition) is 1. The van der Waals surface area contributed by atoms with Crippen LogP contribution in [-0.4, -0.2) is 44.6 Å². The lowest BCUT2D eigenvalue weighted by atomic mass is 10.2. The molecule has 1 N–H and O–H groups in total. The summed E-state index contributed by atoms with van der Waals surface area (Å²) in [6.07, 6.45) is 2.07. The van der Waals surface area contributed by atoms with Crippen molar-refractivity contribution in [3.05, 3.63) is 54.7 Å². The number of benzene rings is 2. The van der Waals surface area contributed by atoms with Crippen LogP contribution in [0.1, 0.15) is 0 Å². The molecular weight excluding hydrogens is 460 g/mol. The van der Waals surface area contributed by atoms with Crippen molar-refractivity contribution < 1.29 is 5.11 Å². The molecular formula is C19H22Br2N4O. The Morgan fingerprint density at radius 1 is 0.962 bits per heavy atom. The topological polar surface area (TPSA) is 45.7 Å². The summed E-state index contributed by atoms with van der Waals surface area (Å²) < 4.78 is 4.41. The molecule has 2 aromatic heterocycles. The van der Waals surface area contributed by atoms with Crippen LogP contribution in [0.4, 0.5) is 0 Å². The number of imidazole rings is 2. The molecule has 26 heavy (non-hydrogen) atoms. The van der Waals surface area contributed by atoms with Gasteiger partial charge in [0.15, 0.2) is 0 Å². The number of fused-ring (bicyclic) bond motifs is 3. The Morgan fingerprint density at radius 2 is 1.62 bits per heavy atom. The second-order valence-corrected chi connectivity index (χ2v) is 6.29. The van der Waals surface area contributed by atoms with E-state index in [4.69, 9.17) is 4.98 Å². The largest absolute Gasteiger partial charge is 0.508 e. The minimum atomic E-state index is 0. The lowest BCUT2D eigenvalue weighted by Gasteiger charge is -2.10. The highest BCUT2D eigenvalue weighted by molar-refractivity contribution is 8.93. The number of phenolic OH excluding ortho intramolecular Hbond substituents is 1. The molecule has 0 saturated heterocycles. The predicted molar refractivity (Wildman–Crippen MR) is 117 cm³/mol. The van der Waals surface area contributed by atoms with Gasteiger partial charge < -0.3 is 14.6 Å². The highest BCUT2D eigenvalue weighted by Crippen LogP contribution is 2.26. The van der Waals surface area contributed by atoms with E-state index < -0.39 is 0 Å². The van der Waals surface area contributed by atoms with E-state index in [-0.39, 0.29) is 39.7 Å². The zero-order valence-corrected chi connectivity index (χ0v) is 18.1. The number of para-hydroxylation sites is 2. The van der Waals surface area contributed by atoms with Crippen LogP contribution in [-0.2, 0) is 6.54 Å². The average molecular weight is 482 g/mol.